The zero-order valence-corrected chi connectivity index (χ0v) is 25.4. The third-order valence-corrected chi connectivity index (χ3v) is 8.19. The van der Waals surface area contributed by atoms with Crippen LogP contribution >= 0.6 is 0 Å². The number of hydrogen-bond donors (Lipinski definition) is 3. The second kappa shape index (κ2) is 13.9. The van der Waals surface area contributed by atoms with E-state index in [1.165, 1.54) is 0 Å². The second-order valence-corrected chi connectivity index (χ2v) is 11.2. The molecule has 1 atom stereocenters. The first-order valence-electron chi connectivity index (χ1n) is 14.3. The smallest absolute Gasteiger partial charge is 0.119 e. The zero-order chi connectivity index (χ0) is 30.9. The maximum absolute atomic E-state index is 10.5. The van der Waals surface area contributed by atoms with Crippen molar-refractivity contribution in [2.24, 2.45) is 0 Å². The standard InChI is InChI=1S/C39H44O3/c1-8-12-15-35(40)23-20-30(11-4)39(7,34-22-25-37(42)29(27-34)14-10-3)32-18-16-31(17-19-32)38(5,6)33-21-24-36(41)28(26-33)13-9-2/h8-11,15-27,40-42H,1-3,12-14H2,4-7H3/b23-20-,30-11+,35-15-. The fourth-order valence-corrected chi connectivity index (χ4v) is 5.39. The summed E-state index contributed by atoms with van der Waals surface area (Å²) in [5, 5.41) is 31.2. The van der Waals surface area contributed by atoms with Crippen molar-refractivity contribution in [1.82, 2.24) is 0 Å². The average molecular weight is 561 g/mol. The van der Waals surface area contributed by atoms with Gasteiger partial charge in [0.25, 0.3) is 0 Å². The number of aliphatic hydroxyl groups is 1. The fraction of sp³-hybridized carbons (Fsp3) is 0.231. The van der Waals surface area contributed by atoms with Crippen LogP contribution in [0.4, 0.5) is 0 Å². The molecule has 42 heavy (non-hydrogen) atoms. The molecule has 0 fully saturated rings. The molecule has 0 amide bonds. The minimum absolute atomic E-state index is 0.177. The maximum Gasteiger partial charge on any atom is 0.119 e. The third-order valence-electron chi connectivity index (χ3n) is 8.19. The van der Waals surface area contributed by atoms with E-state index in [-0.39, 0.29) is 22.7 Å². The van der Waals surface area contributed by atoms with E-state index in [1.807, 2.05) is 31.2 Å². The van der Waals surface area contributed by atoms with E-state index in [9.17, 15) is 15.3 Å². The molecule has 0 aliphatic rings. The summed E-state index contributed by atoms with van der Waals surface area (Å²) in [4.78, 5) is 0. The molecule has 3 N–H and O–H groups in total. The Morgan fingerprint density at radius 1 is 0.690 bits per heavy atom. The highest BCUT2D eigenvalue weighted by atomic mass is 16.3. The van der Waals surface area contributed by atoms with E-state index in [1.54, 1.807) is 42.5 Å². The minimum Gasteiger partial charge on any atom is -0.508 e. The van der Waals surface area contributed by atoms with Gasteiger partial charge in [0, 0.05) is 10.8 Å². The van der Waals surface area contributed by atoms with Crippen molar-refractivity contribution in [3.05, 3.63) is 168 Å². The van der Waals surface area contributed by atoms with Gasteiger partial charge < -0.3 is 15.3 Å². The summed E-state index contributed by atoms with van der Waals surface area (Å²) >= 11 is 0. The van der Waals surface area contributed by atoms with Crippen LogP contribution in [-0.2, 0) is 23.7 Å². The van der Waals surface area contributed by atoms with E-state index >= 15 is 0 Å². The van der Waals surface area contributed by atoms with Crippen LogP contribution in [0.1, 0.15) is 67.5 Å². The van der Waals surface area contributed by atoms with E-state index in [2.05, 4.69) is 76.9 Å². The lowest BCUT2D eigenvalue weighted by Crippen LogP contribution is -2.27. The van der Waals surface area contributed by atoms with Gasteiger partial charge in [-0.25, -0.2) is 0 Å². The van der Waals surface area contributed by atoms with Gasteiger partial charge in [0.1, 0.15) is 17.3 Å². The van der Waals surface area contributed by atoms with Gasteiger partial charge in [0.2, 0.25) is 0 Å². The number of phenols is 2. The van der Waals surface area contributed by atoms with Crippen LogP contribution in [0.25, 0.3) is 0 Å². The van der Waals surface area contributed by atoms with Crippen LogP contribution in [0.2, 0.25) is 0 Å². The summed E-state index contributed by atoms with van der Waals surface area (Å²) in [5.41, 5.74) is 6.11. The molecule has 3 aromatic carbocycles. The summed E-state index contributed by atoms with van der Waals surface area (Å²) in [7, 11) is 0. The monoisotopic (exact) mass is 560 g/mol. The molecule has 1 unspecified atom stereocenters. The molecule has 0 aliphatic heterocycles. The van der Waals surface area contributed by atoms with Crippen LogP contribution in [0.15, 0.2) is 134 Å². The summed E-state index contributed by atoms with van der Waals surface area (Å²) in [6.07, 6.45) is 14.5. The molecule has 3 nitrogen and oxygen atoms in total. The van der Waals surface area contributed by atoms with Crippen LogP contribution in [-0.4, -0.2) is 15.3 Å². The van der Waals surface area contributed by atoms with Gasteiger partial charge in [-0.15, -0.1) is 19.7 Å². The number of phenolic OH excluding ortho intramolecular Hbond substituents is 2. The van der Waals surface area contributed by atoms with Crippen molar-refractivity contribution in [1.29, 1.82) is 0 Å². The Morgan fingerprint density at radius 3 is 1.71 bits per heavy atom. The number of aliphatic hydroxyl groups excluding tert-OH is 1. The molecule has 0 spiro atoms. The van der Waals surface area contributed by atoms with Crippen LogP contribution in [0, 0.1) is 0 Å². The lowest BCUT2D eigenvalue weighted by atomic mass is 9.69. The van der Waals surface area contributed by atoms with Crippen molar-refractivity contribution >= 4 is 0 Å². The number of allylic oxidation sites excluding steroid dienone is 8. The van der Waals surface area contributed by atoms with E-state index in [0.717, 1.165) is 39.0 Å². The molecule has 0 aliphatic carbocycles. The van der Waals surface area contributed by atoms with Crippen molar-refractivity contribution < 1.29 is 15.3 Å². The van der Waals surface area contributed by atoms with Gasteiger partial charge in [-0.3, -0.25) is 0 Å². The molecule has 3 aromatic rings. The van der Waals surface area contributed by atoms with Gasteiger partial charge in [-0.1, -0.05) is 92.8 Å². The molecule has 0 aromatic heterocycles. The largest absolute Gasteiger partial charge is 0.508 e. The first kappa shape index (κ1) is 32.0. The first-order valence-corrected chi connectivity index (χ1v) is 14.3. The SMILES string of the molecule is C=CC/C=C(O)/C=C\C(=C/C)C(C)(c1ccc(C(C)(C)c2ccc(O)c(CC=C)c2)cc1)c1ccc(O)c(CC=C)c1. The number of hydrogen-bond acceptors (Lipinski definition) is 3. The summed E-state index contributed by atoms with van der Waals surface area (Å²) in [6.45, 7) is 19.9. The topological polar surface area (TPSA) is 60.7 Å². The van der Waals surface area contributed by atoms with Crippen LogP contribution in [0.5, 0.6) is 11.5 Å². The predicted octanol–water partition coefficient (Wildman–Crippen LogP) is 9.71. The number of benzene rings is 3. The van der Waals surface area contributed by atoms with Gasteiger partial charge in [-0.2, -0.15) is 0 Å². The molecule has 218 valence electrons. The molecule has 0 saturated heterocycles. The zero-order valence-electron chi connectivity index (χ0n) is 25.4. The summed E-state index contributed by atoms with van der Waals surface area (Å²) < 4.78 is 0. The fourth-order valence-electron chi connectivity index (χ4n) is 5.39. The third kappa shape index (κ3) is 6.86. The molecule has 3 rings (SSSR count). The number of aromatic hydroxyl groups is 2. The average Bonchev–Trinajstić information content (AvgIpc) is 2.98. The van der Waals surface area contributed by atoms with Gasteiger partial charge in [-0.05, 0) is 96.3 Å². The molecule has 0 heterocycles. The minimum atomic E-state index is -0.591. The predicted molar refractivity (Wildman–Crippen MR) is 177 cm³/mol. The Hall–Kier alpha value is -4.50. The molecule has 0 radical (unpaired) electrons. The summed E-state index contributed by atoms with van der Waals surface area (Å²) in [5.74, 6) is 0.699. The molecule has 0 bridgehead atoms. The highest BCUT2D eigenvalue weighted by Crippen LogP contribution is 2.43. The van der Waals surface area contributed by atoms with Crippen LogP contribution < -0.4 is 0 Å². The maximum atomic E-state index is 10.5. The number of rotatable bonds is 13. The molecular formula is C39H44O3. The molecule has 0 saturated carbocycles. The van der Waals surface area contributed by atoms with E-state index in [4.69, 9.17) is 0 Å². The van der Waals surface area contributed by atoms with Crippen molar-refractivity contribution in [2.75, 3.05) is 0 Å². The summed E-state index contributed by atoms with van der Waals surface area (Å²) in [6, 6.07) is 20.2. The lowest BCUT2D eigenvalue weighted by Gasteiger charge is -2.34. The second-order valence-electron chi connectivity index (χ2n) is 11.2. The van der Waals surface area contributed by atoms with E-state index < -0.39 is 5.41 Å². The normalized spacial score (nSPS) is 14.0. The van der Waals surface area contributed by atoms with Crippen molar-refractivity contribution in [2.45, 2.75) is 57.8 Å². The Balaban J connectivity index is 2.15. The van der Waals surface area contributed by atoms with Crippen molar-refractivity contribution in [3.8, 4) is 11.5 Å². The molecular weight excluding hydrogens is 516 g/mol. The van der Waals surface area contributed by atoms with Gasteiger partial charge in [0.15, 0.2) is 0 Å². The van der Waals surface area contributed by atoms with Crippen LogP contribution in [0.3, 0.4) is 0 Å². The Morgan fingerprint density at radius 2 is 1.19 bits per heavy atom. The first-order chi connectivity index (χ1) is 20.0. The quantitative estimate of drug-likeness (QED) is 0.111. The lowest BCUT2D eigenvalue weighted by molar-refractivity contribution is 0.430. The molecule has 3 heteroatoms. The van der Waals surface area contributed by atoms with Gasteiger partial charge >= 0.3 is 0 Å². The Kier molecular flexibility index (Phi) is 10.6. The highest BCUT2D eigenvalue weighted by Gasteiger charge is 2.33. The van der Waals surface area contributed by atoms with Gasteiger partial charge in [0.05, 0.1) is 0 Å². The van der Waals surface area contributed by atoms with E-state index in [0.29, 0.717) is 19.3 Å². The van der Waals surface area contributed by atoms with Crippen molar-refractivity contribution in [3.63, 3.8) is 0 Å². The Labute approximate surface area is 251 Å². The Bertz CT molecular complexity index is 1520. The highest BCUT2D eigenvalue weighted by molar-refractivity contribution is 5.55.